The van der Waals surface area contributed by atoms with E-state index in [1.165, 1.54) is 5.56 Å². The molecule has 112 valence electrons. The molecule has 0 aliphatic heterocycles. The fourth-order valence-corrected chi connectivity index (χ4v) is 2.36. The van der Waals surface area contributed by atoms with Crippen molar-refractivity contribution in [2.24, 2.45) is 0 Å². The van der Waals surface area contributed by atoms with Crippen molar-refractivity contribution >= 4 is 0 Å². The third-order valence-electron chi connectivity index (χ3n) is 3.31. The van der Waals surface area contributed by atoms with E-state index in [4.69, 9.17) is 9.47 Å². The minimum Gasteiger partial charge on any atom is -0.350 e. The van der Waals surface area contributed by atoms with E-state index >= 15 is 0 Å². The van der Waals surface area contributed by atoms with Crippen LogP contribution in [0.3, 0.4) is 0 Å². The molecular formula is C17H22N2O2. The van der Waals surface area contributed by atoms with Crippen LogP contribution in [0.1, 0.15) is 23.1 Å². The third-order valence-corrected chi connectivity index (χ3v) is 3.31. The van der Waals surface area contributed by atoms with Crippen LogP contribution in [0.5, 0.6) is 0 Å². The number of aromatic nitrogens is 1. The summed E-state index contributed by atoms with van der Waals surface area (Å²) in [5.74, 6) is 0. The van der Waals surface area contributed by atoms with Crippen LogP contribution in [0.15, 0.2) is 48.7 Å². The van der Waals surface area contributed by atoms with Gasteiger partial charge in [-0.25, -0.2) is 0 Å². The van der Waals surface area contributed by atoms with E-state index in [1.807, 2.05) is 12.1 Å². The zero-order valence-corrected chi connectivity index (χ0v) is 12.8. The Bertz CT molecular complexity index is 541. The lowest BCUT2D eigenvalue weighted by Gasteiger charge is -2.21. The second-order valence-corrected chi connectivity index (χ2v) is 5.01. The average molecular weight is 286 g/mol. The molecule has 1 heterocycles. The zero-order chi connectivity index (χ0) is 15.1. The Labute approximate surface area is 126 Å². The Morgan fingerprint density at radius 3 is 2.38 bits per heavy atom. The number of rotatable bonds is 7. The van der Waals surface area contributed by atoms with Crippen molar-refractivity contribution in [2.75, 3.05) is 21.3 Å². The minimum absolute atomic E-state index is 0.425. The summed E-state index contributed by atoms with van der Waals surface area (Å²) in [6, 6.07) is 14.4. The number of hydrogen-bond acceptors (Lipinski definition) is 4. The zero-order valence-electron chi connectivity index (χ0n) is 12.8. The summed E-state index contributed by atoms with van der Waals surface area (Å²) in [6.07, 6.45) is 1.34. The molecule has 2 aromatic rings. The number of benzene rings is 1. The van der Waals surface area contributed by atoms with Crippen molar-refractivity contribution in [2.45, 2.75) is 19.4 Å². The van der Waals surface area contributed by atoms with Gasteiger partial charge in [0.25, 0.3) is 0 Å². The van der Waals surface area contributed by atoms with Crippen molar-refractivity contribution in [3.05, 3.63) is 65.5 Å². The Hall–Kier alpha value is -1.75. The quantitative estimate of drug-likeness (QED) is 0.733. The standard InChI is InChI=1S/C17H22N2O2/c1-19(12-14-8-5-4-6-9-14)13-15-10-7-11-18-16(15)17(20-2)21-3/h4-11,17H,12-13H2,1-3H3. The Balaban J connectivity index is 2.08. The Kier molecular flexibility index (Phi) is 5.87. The van der Waals surface area contributed by atoms with Gasteiger partial charge in [0.15, 0.2) is 0 Å². The van der Waals surface area contributed by atoms with Crippen LogP contribution in [0.4, 0.5) is 0 Å². The number of hydrogen-bond donors (Lipinski definition) is 0. The van der Waals surface area contributed by atoms with E-state index in [9.17, 15) is 0 Å². The van der Waals surface area contributed by atoms with Crippen LogP contribution < -0.4 is 0 Å². The van der Waals surface area contributed by atoms with Crippen molar-refractivity contribution in [1.82, 2.24) is 9.88 Å². The van der Waals surface area contributed by atoms with Gasteiger partial charge in [-0.3, -0.25) is 9.88 Å². The highest BCUT2D eigenvalue weighted by Crippen LogP contribution is 2.20. The highest BCUT2D eigenvalue weighted by molar-refractivity contribution is 5.21. The fourth-order valence-electron chi connectivity index (χ4n) is 2.36. The van der Waals surface area contributed by atoms with Gasteiger partial charge in [0.05, 0.1) is 0 Å². The Morgan fingerprint density at radius 2 is 1.71 bits per heavy atom. The second kappa shape index (κ2) is 7.88. The first-order valence-electron chi connectivity index (χ1n) is 6.96. The van der Waals surface area contributed by atoms with Gasteiger partial charge in [0.2, 0.25) is 6.29 Å². The van der Waals surface area contributed by atoms with Gasteiger partial charge in [-0.05, 0) is 24.2 Å². The molecule has 0 aliphatic carbocycles. The lowest BCUT2D eigenvalue weighted by atomic mass is 10.1. The summed E-state index contributed by atoms with van der Waals surface area (Å²) in [7, 11) is 5.35. The lowest BCUT2D eigenvalue weighted by molar-refractivity contribution is -0.109. The number of pyridine rings is 1. The summed E-state index contributed by atoms with van der Waals surface area (Å²) >= 11 is 0. The largest absolute Gasteiger partial charge is 0.350 e. The molecule has 1 aromatic carbocycles. The second-order valence-electron chi connectivity index (χ2n) is 5.01. The molecule has 2 rings (SSSR count). The first-order chi connectivity index (χ1) is 10.2. The molecular weight excluding hydrogens is 264 g/mol. The monoisotopic (exact) mass is 286 g/mol. The topological polar surface area (TPSA) is 34.6 Å². The van der Waals surface area contributed by atoms with Gasteiger partial charge < -0.3 is 9.47 Å². The highest BCUT2D eigenvalue weighted by atomic mass is 16.7. The van der Waals surface area contributed by atoms with Crippen molar-refractivity contribution in [3.8, 4) is 0 Å². The van der Waals surface area contributed by atoms with Crippen LogP contribution >= 0.6 is 0 Å². The van der Waals surface area contributed by atoms with E-state index in [1.54, 1.807) is 20.4 Å². The van der Waals surface area contributed by atoms with E-state index in [-0.39, 0.29) is 0 Å². The number of methoxy groups -OCH3 is 2. The molecule has 4 heteroatoms. The predicted octanol–water partition coefficient (Wildman–Crippen LogP) is 3.01. The Morgan fingerprint density at radius 1 is 1.00 bits per heavy atom. The minimum atomic E-state index is -0.425. The third kappa shape index (κ3) is 4.36. The van der Waals surface area contributed by atoms with Gasteiger partial charge in [0.1, 0.15) is 5.69 Å². The summed E-state index contributed by atoms with van der Waals surface area (Å²) in [5, 5.41) is 0. The van der Waals surface area contributed by atoms with Gasteiger partial charge in [0, 0.05) is 33.5 Å². The molecule has 0 unspecified atom stereocenters. The molecule has 0 aliphatic rings. The van der Waals surface area contributed by atoms with Gasteiger partial charge in [-0.1, -0.05) is 36.4 Å². The molecule has 0 amide bonds. The molecule has 0 atom stereocenters. The summed E-state index contributed by atoms with van der Waals surface area (Å²) < 4.78 is 10.6. The first-order valence-corrected chi connectivity index (χ1v) is 6.96. The molecule has 0 spiro atoms. The number of nitrogens with zero attached hydrogens (tertiary/aromatic N) is 2. The normalized spacial score (nSPS) is 11.3. The maximum Gasteiger partial charge on any atom is 0.200 e. The summed E-state index contributed by atoms with van der Waals surface area (Å²) in [6.45, 7) is 1.68. The van der Waals surface area contributed by atoms with Crippen molar-refractivity contribution < 1.29 is 9.47 Å². The predicted molar refractivity (Wildman–Crippen MR) is 82.6 cm³/mol. The number of ether oxygens (including phenoxy) is 2. The summed E-state index contributed by atoms with van der Waals surface area (Å²) in [4.78, 5) is 6.65. The smallest absolute Gasteiger partial charge is 0.200 e. The van der Waals surface area contributed by atoms with Gasteiger partial charge in [-0.15, -0.1) is 0 Å². The highest BCUT2D eigenvalue weighted by Gasteiger charge is 2.16. The van der Waals surface area contributed by atoms with E-state index in [0.717, 1.165) is 24.3 Å². The van der Waals surface area contributed by atoms with Crippen molar-refractivity contribution in [1.29, 1.82) is 0 Å². The molecule has 0 saturated carbocycles. The van der Waals surface area contributed by atoms with E-state index < -0.39 is 6.29 Å². The van der Waals surface area contributed by atoms with E-state index in [0.29, 0.717) is 0 Å². The summed E-state index contributed by atoms with van der Waals surface area (Å²) in [5.41, 5.74) is 3.24. The molecule has 0 saturated heterocycles. The molecule has 0 bridgehead atoms. The van der Waals surface area contributed by atoms with Gasteiger partial charge >= 0.3 is 0 Å². The molecule has 4 nitrogen and oxygen atoms in total. The van der Waals surface area contributed by atoms with Crippen LogP contribution in [0.25, 0.3) is 0 Å². The van der Waals surface area contributed by atoms with Crippen LogP contribution in [0, 0.1) is 0 Å². The average Bonchev–Trinajstić information content (AvgIpc) is 2.51. The SMILES string of the molecule is COC(OC)c1ncccc1CN(C)Cc1ccccc1. The van der Waals surface area contributed by atoms with E-state index in [2.05, 4.69) is 47.3 Å². The fraction of sp³-hybridized carbons (Fsp3) is 0.353. The van der Waals surface area contributed by atoms with Crippen LogP contribution in [0.2, 0.25) is 0 Å². The lowest BCUT2D eigenvalue weighted by Crippen LogP contribution is -2.20. The van der Waals surface area contributed by atoms with Crippen molar-refractivity contribution in [3.63, 3.8) is 0 Å². The van der Waals surface area contributed by atoms with Gasteiger partial charge in [-0.2, -0.15) is 0 Å². The maximum absolute atomic E-state index is 5.32. The molecule has 0 N–H and O–H groups in total. The van der Waals surface area contributed by atoms with Crippen LogP contribution in [-0.2, 0) is 22.6 Å². The molecule has 0 fully saturated rings. The molecule has 0 radical (unpaired) electrons. The molecule has 1 aromatic heterocycles. The first kappa shape index (κ1) is 15.6. The maximum atomic E-state index is 5.32. The van der Waals surface area contributed by atoms with Crippen LogP contribution in [-0.4, -0.2) is 31.2 Å². The molecule has 21 heavy (non-hydrogen) atoms.